The van der Waals surface area contributed by atoms with E-state index in [0.29, 0.717) is 0 Å². The van der Waals surface area contributed by atoms with Gasteiger partial charge in [-0.25, -0.2) is 0 Å². The zero-order valence-corrected chi connectivity index (χ0v) is 37.8. The summed E-state index contributed by atoms with van der Waals surface area (Å²) in [5.41, 5.74) is 12.2. The van der Waals surface area contributed by atoms with E-state index in [2.05, 4.69) is 45.1 Å². The molecule has 0 fully saturated rings. The zero-order chi connectivity index (χ0) is 41.1. The molecule has 0 aliphatic carbocycles. The number of nitrogens with two attached hydrogens (primary N) is 2. The van der Waals surface area contributed by atoms with Crippen LogP contribution in [0, 0.1) is 5.92 Å². The fourth-order valence-corrected chi connectivity index (χ4v) is 7.48. The summed E-state index contributed by atoms with van der Waals surface area (Å²) >= 11 is 0. The van der Waals surface area contributed by atoms with Gasteiger partial charge in [-0.1, -0.05) is 212 Å². The van der Waals surface area contributed by atoms with Gasteiger partial charge in [-0.2, -0.15) is 0 Å². The van der Waals surface area contributed by atoms with Gasteiger partial charge in [0.25, 0.3) is 0 Å². The van der Waals surface area contributed by atoms with E-state index >= 15 is 0 Å². The highest BCUT2D eigenvalue weighted by Crippen LogP contribution is 2.23. The molecule has 0 heterocycles. The molecule has 6 heteroatoms. The van der Waals surface area contributed by atoms with Gasteiger partial charge < -0.3 is 15.2 Å². The molecule has 0 aromatic rings. The summed E-state index contributed by atoms with van der Waals surface area (Å²) in [7, 11) is 0. The molecule has 0 aromatic heterocycles. The predicted molar refractivity (Wildman–Crippen MR) is 242 cm³/mol. The Kier molecular flexibility index (Phi) is 41.7. The summed E-state index contributed by atoms with van der Waals surface area (Å²) < 4.78 is 11.2. The van der Waals surface area contributed by atoms with Crippen LogP contribution in [0.2, 0.25) is 0 Å². The second kappa shape index (κ2) is 42.9. The summed E-state index contributed by atoms with van der Waals surface area (Å²) in [5, 5.41) is 0. The highest BCUT2D eigenvalue weighted by atomic mass is 16.7. The quantitative estimate of drug-likeness (QED) is 0.0276. The van der Waals surface area contributed by atoms with Crippen LogP contribution >= 0.6 is 0 Å². The number of unbranched alkanes of at least 4 members (excludes halogenated alkanes) is 30. The lowest BCUT2D eigenvalue weighted by atomic mass is 9.94. The van der Waals surface area contributed by atoms with Crippen LogP contribution in [-0.2, 0) is 19.1 Å². The van der Waals surface area contributed by atoms with Crippen molar-refractivity contribution in [3.8, 4) is 0 Å². The van der Waals surface area contributed by atoms with Crippen LogP contribution in [0.15, 0.2) is 24.3 Å². The number of carbonyl (C=O) groups is 2. The Balaban J connectivity index is 4.55. The SMILES string of the molecule is CCCCCCCC/C=C\CCCCCCCC(=O)OC(N)(CN)OC(=O)C(CCCCCC/C=C\CCCCCCCC)CCCCCCCCCCCC. The van der Waals surface area contributed by atoms with Gasteiger partial charge in [-0.3, -0.25) is 15.3 Å². The summed E-state index contributed by atoms with van der Waals surface area (Å²) in [4.78, 5) is 26.2. The van der Waals surface area contributed by atoms with E-state index in [9.17, 15) is 9.59 Å². The lowest BCUT2D eigenvalue weighted by Crippen LogP contribution is -2.55. The Labute approximate surface area is 348 Å². The van der Waals surface area contributed by atoms with Crippen LogP contribution in [0.4, 0.5) is 0 Å². The Morgan fingerprint density at radius 1 is 0.446 bits per heavy atom. The first-order valence-corrected chi connectivity index (χ1v) is 24.7. The molecule has 2 atom stereocenters. The van der Waals surface area contributed by atoms with E-state index in [-0.39, 0.29) is 24.9 Å². The number of hydrogen-bond donors (Lipinski definition) is 2. The molecule has 56 heavy (non-hydrogen) atoms. The first kappa shape index (κ1) is 54.3. The van der Waals surface area contributed by atoms with Crippen molar-refractivity contribution in [3.63, 3.8) is 0 Å². The Bertz CT molecular complexity index is 905. The van der Waals surface area contributed by atoms with Crippen LogP contribution in [0.5, 0.6) is 0 Å². The van der Waals surface area contributed by atoms with Crippen molar-refractivity contribution >= 4 is 11.9 Å². The van der Waals surface area contributed by atoms with Crippen LogP contribution in [-0.4, -0.2) is 24.4 Å². The minimum absolute atomic E-state index is 0.250. The average Bonchev–Trinajstić information content (AvgIpc) is 3.19. The summed E-state index contributed by atoms with van der Waals surface area (Å²) in [5.74, 6) is -2.98. The number of rotatable bonds is 44. The van der Waals surface area contributed by atoms with Crippen molar-refractivity contribution < 1.29 is 19.1 Å². The lowest BCUT2D eigenvalue weighted by Gasteiger charge is -2.29. The van der Waals surface area contributed by atoms with Gasteiger partial charge in [0.05, 0.1) is 12.5 Å². The molecule has 0 saturated carbocycles. The second-order valence-electron chi connectivity index (χ2n) is 16.9. The number of carbonyl (C=O) groups excluding carboxylic acids is 2. The molecule has 0 amide bonds. The molecule has 0 radical (unpaired) electrons. The normalized spacial score (nSPS) is 13.4. The molecule has 0 aliphatic heterocycles. The van der Waals surface area contributed by atoms with Crippen molar-refractivity contribution in [2.24, 2.45) is 17.4 Å². The van der Waals surface area contributed by atoms with Crippen molar-refractivity contribution in [3.05, 3.63) is 24.3 Å². The maximum Gasteiger partial charge on any atom is 0.328 e. The number of esters is 2. The van der Waals surface area contributed by atoms with Gasteiger partial charge in [0.15, 0.2) is 0 Å². The largest absolute Gasteiger partial charge is 0.407 e. The van der Waals surface area contributed by atoms with E-state index in [1.807, 2.05) is 0 Å². The minimum atomic E-state index is -1.91. The number of ether oxygens (including phenoxy) is 2. The Morgan fingerprint density at radius 2 is 0.750 bits per heavy atom. The van der Waals surface area contributed by atoms with Crippen LogP contribution in [0.25, 0.3) is 0 Å². The summed E-state index contributed by atoms with van der Waals surface area (Å²) in [6.07, 6.45) is 54.2. The molecule has 0 rings (SSSR count). The second-order valence-corrected chi connectivity index (χ2v) is 16.9. The molecule has 2 unspecified atom stereocenters. The molecule has 0 spiro atoms. The molecule has 4 N–H and O–H groups in total. The van der Waals surface area contributed by atoms with E-state index in [0.717, 1.165) is 77.0 Å². The molecule has 0 aliphatic rings. The highest BCUT2D eigenvalue weighted by molar-refractivity contribution is 5.74. The topological polar surface area (TPSA) is 105 Å². The monoisotopic (exact) mass is 789 g/mol. The molecular formula is C50H96N2O4. The highest BCUT2D eigenvalue weighted by Gasteiger charge is 2.35. The van der Waals surface area contributed by atoms with Crippen LogP contribution in [0.1, 0.15) is 265 Å². The van der Waals surface area contributed by atoms with Gasteiger partial charge >= 0.3 is 17.8 Å². The molecule has 0 bridgehead atoms. The van der Waals surface area contributed by atoms with Crippen molar-refractivity contribution in [1.82, 2.24) is 0 Å². The standard InChI is InChI=1S/C50H96N2O4/c1-4-7-10-13-16-19-22-24-26-28-30-33-36-39-42-45-48(53)55-50(52,46-51)56-49(54)47(43-40-37-34-31-21-18-15-12-9-6-3)44-41-38-35-32-29-27-25-23-20-17-14-11-8-5-2/h24-27,47H,4-23,28-46,51-52H2,1-3H3/b26-24-,27-25-. The summed E-state index contributed by atoms with van der Waals surface area (Å²) in [6.45, 7) is 6.54. The maximum atomic E-state index is 13.5. The zero-order valence-electron chi connectivity index (χ0n) is 37.8. The molecule has 330 valence electrons. The van der Waals surface area contributed by atoms with E-state index in [4.69, 9.17) is 20.9 Å². The fourth-order valence-electron chi connectivity index (χ4n) is 7.48. The first-order valence-electron chi connectivity index (χ1n) is 24.7. The third kappa shape index (κ3) is 37.9. The van der Waals surface area contributed by atoms with Crippen LogP contribution in [0.3, 0.4) is 0 Å². The van der Waals surface area contributed by atoms with E-state index in [1.165, 1.54) is 161 Å². The van der Waals surface area contributed by atoms with Gasteiger partial charge in [0.1, 0.15) is 0 Å². The maximum absolute atomic E-state index is 13.5. The fraction of sp³-hybridized carbons (Fsp3) is 0.880. The Hall–Kier alpha value is -1.66. The smallest absolute Gasteiger partial charge is 0.328 e. The van der Waals surface area contributed by atoms with Crippen molar-refractivity contribution in [2.75, 3.05) is 6.54 Å². The number of hydrogen-bond acceptors (Lipinski definition) is 6. The summed E-state index contributed by atoms with van der Waals surface area (Å²) in [6, 6.07) is 0. The van der Waals surface area contributed by atoms with Gasteiger partial charge in [0.2, 0.25) is 0 Å². The van der Waals surface area contributed by atoms with E-state index in [1.54, 1.807) is 0 Å². The van der Waals surface area contributed by atoms with Gasteiger partial charge in [-0.15, -0.1) is 0 Å². The average molecular weight is 789 g/mol. The molecule has 6 nitrogen and oxygen atoms in total. The molecule has 0 saturated heterocycles. The van der Waals surface area contributed by atoms with Crippen LogP contribution < -0.4 is 11.5 Å². The van der Waals surface area contributed by atoms with Crippen molar-refractivity contribution in [1.29, 1.82) is 0 Å². The first-order chi connectivity index (χ1) is 27.4. The lowest BCUT2D eigenvalue weighted by molar-refractivity contribution is -0.226. The third-order valence-electron chi connectivity index (χ3n) is 11.3. The number of allylic oxidation sites excluding steroid dienone is 4. The Morgan fingerprint density at radius 3 is 1.09 bits per heavy atom. The molecule has 0 aromatic carbocycles. The molecular weight excluding hydrogens is 693 g/mol. The van der Waals surface area contributed by atoms with E-state index < -0.39 is 11.9 Å². The minimum Gasteiger partial charge on any atom is -0.407 e. The van der Waals surface area contributed by atoms with Crippen molar-refractivity contribution in [2.45, 2.75) is 271 Å². The third-order valence-corrected chi connectivity index (χ3v) is 11.3. The predicted octanol–water partition coefficient (Wildman–Crippen LogP) is 15.3. The van der Waals surface area contributed by atoms with Gasteiger partial charge in [0, 0.05) is 6.42 Å². The van der Waals surface area contributed by atoms with Gasteiger partial charge in [-0.05, 0) is 70.6 Å².